The lowest BCUT2D eigenvalue weighted by Gasteiger charge is -2.41. The van der Waals surface area contributed by atoms with Gasteiger partial charge in [0.15, 0.2) is 0 Å². The number of hydrogen-bond donors (Lipinski definition) is 0. The monoisotopic (exact) mass is 395 g/mol. The highest BCUT2D eigenvalue weighted by molar-refractivity contribution is 6.05. The maximum Gasteiger partial charge on any atom is 0.233 e. The topological polar surface area (TPSA) is 60.9 Å². The summed E-state index contributed by atoms with van der Waals surface area (Å²) in [7, 11) is 0. The normalized spacial score (nSPS) is 26.8. The summed E-state index contributed by atoms with van der Waals surface area (Å²) < 4.78 is 0. The van der Waals surface area contributed by atoms with E-state index >= 15 is 0 Å². The zero-order valence-electron chi connectivity index (χ0n) is 17.2. The van der Waals surface area contributed by atoms with Crippen LogP contribution >= 0.6 is 0 Å². The van der Waals surface area contributed by atoms with Crippen molar-refractivity contribution in [2.75, 3.05) is 31.1 Å². The number of amides is 3. The van der Waals surface area contributed by atoms with Crippen LogP contribution in [0, 0.1) is 18.8 Å². The van der Waals surface area contributed by atoms with Crippen LogP contribution in [0.1, 0.15) is 31.7 Å². The Labute approximate surface area is 172 Å². The molecule has 1 aromatic carbocycles. The van der Waals surface area contributed by atoms with E-state index < -0.39 is 0 Å². The summed E-state index contributed by atoms with van der Waals surface area (Å²) in [6.07, 6.45) is 5.45. The maximum atomic E-state index is 12.8. The van der Waals surface area contributed by atoms with Crippen molar-refractivity contribution in [3.8, 4) is 0 Å². The quantitative estimate of drug-likeness (QED) is 0.580. The van der Waals surface area contributed by atoms with Crippen LogP contribution in [0.15, 0.2) is 36.4 Å². The second-order valence-corrected chi connectivity index (χ2v) is 8.45. The molecule has 2 aliphatic heterocycles. The lowest BCUT2D eigenvalue weighted by Crippen LogP contribution is -2.54. The minimum absolute atomic E-state index is 0.0222. The molecular weight excluding hydrogens is 366 g/mol. The second-order valence-electron chi connectivity index (χ2n) is 8.45. The smallest absolute Gasteiger partial charge is 0.233 e. The average molecular weight is 396 g/mol. The van der Waals surface area contributed by atoms with E-state index in [1.807, 2.05) is 17.1 Å². The molecule has 29 heavy (non-hydrogen) atoms. The van der Waals surface area contributed by atoms with E-state index in [0.29, 0.717) is 25.9 Å². The van der Waals surface area contributed by atoms with Gasteiger partial charge in [0.1, 0.15) is 0 Å². The fraction of sp³-hybridized carbons (Fsp3) is 0.522. The first-order valence-corrected chi connectivity index (χ1v) is 10.6. The van der Waals surface area contributed by atoms with Crippen molar-refractivity contribution >= 4 is 23.4 Å². The van der Waals surface area contributed by atoms with Crippen LogP contribution in [0.2, 0.25) is 0 Å². The van der Waals surface area contributed by atoms with Crippen molar-refractivity contribution in [3.05, 3.63) is 42.0 Å². The number of allylic oxidation sites excluding steroid dienone is 2. The first-order chi connectivity index (χ1) is 14.0. The van der Waals surface area contributed by atoms with Crippen molar-refractivity contribution in [2.45, 2.75) is 39.2 Å². The van der Waals surface area contributed by atoms with Crippen LogP contribution in [-0.2, 0) is 14.4 Å². The molecule has 3 atom stereocenters. The highest BCUT2D eigenvalue weighted by atomic mass is 16.2. The molecule has 3 aliphatic rings. The van der Waals surface area contributed by atoms with Gasteiger partial charge in [-0.1, -0.05) is 29.8 Å². The van der Waals surface area contributed by atoms with E-state index in [1.54, 1.807) is 0 Å². The SMILES string of the molecule is Cc1ccc(N2CCN(C(=O)CCN3C(=O)C4CC=CCC4C3=O)CC2C)cc1. The third kappa shape index (κ3) is 3.80. The molecule has 154 valence electrons. The number of benzene rings is 1. The summed E-state index contributed by atoms with van der Waals surface area (Å²) in [4.78, 5) is 43.4. The fourth-order valence-electron chi connectivity index (χ4n) is 4.76. The molecular formula is C23H29N3O3. The van der Waals surface area contributed by atoms with Gasteiger partial charge in [0.05, 0.1) is 11.8 Å². The Morgan fingerprint density at radius 3 is 2.21 bits per heavy atom. The average Bonchev–Trinajstić information content (AvgIpc) is 2.97. The third-order valence-corrected chi connectivity index (χ3v) is 6.49. The molecule has 2 fully saturated rings. The predicted molar refractivity (Wildman–Crippen MR) is 111 cm³/mol. The minimum Gasteiger partial charge on any atom is -0.365 e. The number of likely N-dealkylation sites (tertiary alicyclic amines) is 1. The van der Waals surface area contributed by atoms with Crippen LogP contribution in [0.25, 0.3) is 0 Å². The molecule has 1 aliphatic carbocycles. The van der Waals surface area contributed by atoms with Gasteiger partial charge in [-0.05, 0) is 38.8 Å². The number of aryl methyl sites for hydroxylation is 1. The number of hydrogen-bond acceptors (Lipinski definition) is 4. The molecule has 0 bridgehead atoms. The van der Waals surface area contributed by atoms with Gasteiger partial charge in [-0.15, -0.1) is 0 Å². The molecule has 2 heterocycles. The van der Waals surface area contributed by atoms with Gasteiger partial charge in [0, 0.05) is 44.3 Å². The highest BCUT2D eigenvalue weighted by Crippen LogP contribution is 2.35. The number of carbonyl (C=O) groups excluding carboxylic acids is 3. The Balaban J connectivity index is 1.31. The number of fused-ring (bicyclic) bond motifs is 1. The largest absolute Gasteiger partial charge is 0.365 e. The standard InChI is InChI=1S/C23H29N3O3/c1-16-7-9-18(10-8-16)25-14-13-24(15-17(25)2)21(27)11-12-26-22(28)19-5-3-4-6-20(19)23(26)29/h3-4,7-10,17,19-20H,5-6,11-15H2,1-2H3. The summed E-state index contributed by atoms with van der Waals surface area (Å²) in [6.45, 7) is 6.51. The summed E-state index contributed by atoms with van der Waals surface area (Å²) in [5.74, 6) is -0.625. The maximum absolute atomic E-state index is 12.8. The van der Waals surface area contributed by atoms with E-state index in [-0.39, 0.29) is 48.6 Å². The van der Waals surface area contributed by atoms with Crippen molar-refractivity contribution in [2.24, 2.45) is 11.8 Å². The van der Waals surface area contributed by atoms with Crippen molar-refractivity contribution in [1.82, 2.24) is 9.80 Å². The molecule has 0 aromatic heterocycles. The molecule has 3 amide bonds. The van der Waals surface area contributed by atoms with Crippen LogP contribution in [-0.4, -0.2) is 59.7 Å². The van der Waals surface area contributed by atoms with Crippen LogP contribution in [0.4, 0.5) is 5.69 Å². The zero-order valence-corrected chi connectivity index (χ0v) is 17.2. The van der Waals surface area contributed by atoms with Gasteiger partial charge < -0.3 is 9.80 Å². The molecule has 0 spiro atoms. The van der Waals surface area contributed by atoms with Gasteiger partial charge in [0.2, 0.25) is 17.7 Å². The molecule has 6 heteroatoms. The Bertz CT molecular complexity index is 806. The lowest BCUT2D eigenvalue weighted by molar-refractivity contribution is -0.141. The lowest BCUT2D eigenvalue weighted by atomic mass is 9.85. The number of nitrogens with zero attached hydrogens (tertiary/aromatic N) is 3. The third-order valence-electron chi connectivity index (χ3n) is 6.49. The van der Waals surface area contributed by atoms with E-state index in [9.17, 15) is 14.4 Å². The first kappa shape index (κ1) is 19.7. The van der Waals surface area contributed by atoms with Gasteiger partial charge in [0.25, 0.3) is 0 Å². The molecule has 0 radical (unpaired) electrons. The zero-order chi connectivity index (χ0) is 20.5. The number of piperazine rings is 1. The van der Waals surface area contributed by atoms with Crippen molar-refractivity contribution in [1.29, 1.82) is 0 Å². The second kappa shape index (κ2) is 8.01. The number of imide groups is 1. The molecule has 4 rings (SSSR count). The van der Waals surface area contributed by atoms with Crippen LogP contribution in [0.5, 0.6) is 0 Å². The van der Waals surface area contributed by atoms with Gasteiger partial charge in [-0.2, -0.15) is 0 Å². The van der Waals surface area contributed by atoms with Gasteiger partial charge >= 0.3 is 0 Å². The Hall–Kier alpha value is -2.63. The van der Waals surface area contributed by atoms with Gasteiger partial charge in [-0.3, -0.25) is 19.3 Å². The Kier molecular flexibility index (Phi) is 5.43. The van der Waals surface area contributed by atoms with E-state index in [2.05, 4.69) is 43.0 Å². The van der Waals surface area contributed by atoms with Gasteiger partial charge in [-0.25, -0.2) is 0 Å². The Morgan fingerprint density at radius 2 is 1.62 bits per heavy atom. The molecule has 2 saturated heterocycles. The molecule has 0 saturated carbocycles. The molecule has 0 N–H and O–H groups in total. The van der Waals surface area contributed by atoms with Crippen molar-refractivity contribution < 1.29 is 14.4 Å². The summed E-state index contributed by atoms with van der Waals surface area (Å²) in [5.41, 5.74) is 2.41. The van der Waals surface area contributed by atoms with Crippen LogP contribution < -0.4 is 4.90 Å². The molecule has 1 aromatic rings. The highest BCUT2D eigenvalue weighted by Gasteiger charge is 2.47. The van der Waals surface area contributed by atoms with E-state index in [0.717, 1.165) is 6.54 Å². The number of rotatable bonds is 4. The van der Waals surface area contributed by atoms with E-state index in [1.165, 1.54) is 16.2 Å². The summed E-state index contributed by atoms with van der Waals surface area (Å²) >= 11 is 0. The molecule has 6 nitrogen and oxygen atoms in total. The van der Waals surface area contributed by atoms with Crippen molar-refractivity contribution in [3.63, 3.8) is 0 Å². The summed E-state index contributed by atoms with van der Waals surface area (Å²) in [6, 6.07) is 8.69. The Morgan fingerprint density at radius 1 is 1.00 bits per heavy atom. The number of carbonyl (C=O) groups is 3. The predicted octanol–water partition coefficient (Wildman–Crippen LogP) is 2.37. The summed E-state index contributed by atoms with van der Waals surface area (Å²) in [5, 5.41) is 0. The fourth-order valence-corrected chi connectivity index (χ4v) is 4.76. The van der Waals surface area contributed by atoms with Crippen LogP contribution in [0.3, 0.4) is 0 Å². The van der Waals surface area contributed by atoms with E-state index in [4.69, 9.17) is 0 Å². The number of anilines is 1. The minimum atomic E-state index is -0.222. The first-order valence-electron chi connectivity index (χ1n) is 10.6. The molecule has 3 unspecified atom stereocenters.